The van der Waals surface area contributed by atoms with Crippen LogP contribution in [-0.4, -0.2) is 76.6 Å². The van der Waals surface area contributed by atoms with Crippen LogP contribution >= 0.6 is 11.6 Å². The quantitative estimate of drug-likeness (QED) is 0.648. The van der Waals surface area contributed by atoms with Gasteiger partial charge in [-0.1, -0.05) is 29.8 Å². The predicted molar refractivity (Wildman–Crippen MR) is 133 cm³/mol. The van der Waals surface area contributed by atoms with Gasteiger partial charge < -0.3 is 4.90 Å². The number of para-hydroxylation sites is 1. The SMILES string of the molecule is O=S(=O)(NC[C@H]1C[C@@H]2CCN1C[C@H]2CN1CCN(c2ccccc2)CC1)c1ccc(Cl)cc1. The van der Waals surface area contributed by atoms with Crippen molar-refractivity contribution in [3.63, 3.8) is 0 Å². The lowest BCUT2D eigenvalue weighted by atomic mass is 9.75. The average Bonchev–Trinajstić information content (AvgIpc) is 2.85. The van der Waals surface area contributed by atoms with Gasteiger partial charge in [0.1, 0.15) is 0 Å². The van der Waals surface area contributed by atoms with Gasteiger partial charge in [0, 0.05) is 62.6 Å². The number of rotatable bonds is 7. The summed E-state index contributed by atoms with van der Waals surface area (Å²) in [6.07, 6.45) is 2.31. The van der Waals surface area contributed by atoms with E-state index in [4.69, 9.17) is 11.6 Å². The summed E-state index contributed by atoms with van der Waals surface area (Å²) in [6.45, 7) is 8.19. The van der Waals surface area contributed by atoms with E-state index in [1.165, 1.54) is 12.1 Å². The summed E-state index contributed by atoms with van der Waals surface area (Å²) in [7, 11) is -3.51. The lowest BCUT2D eigenvalue weighted by Gasteiger charge is -2.51. The molecule has 0 aliphatic carbocycles. The van der Waals surface area contributed by atoms with Crippen molar-refractivity contribution in [3.8, 4) is 0 Å². The number of hydrogen-bond acceptors (Lipinski definition) is 5. The summed E-state index contributed by atoms with van der Waals surface area (Å²) in [5.74, 6) is 1.37. The third-order valence-electron chi connectivity index (χ3n) is 7.63. The van der Waals surface area contributed by atoms with E-state index in [9.17, 15) is 8.42 Å². The summed E-state index contributed by atoms with van der Waals surface area (Å²) in [5, 5.41) is 0.539. The second-order valence-corrected chi connectivity index (χ2v) is 11.8. The highest BCUT2D eigenvalue weighted by Gasteiger charge is 2.41. The van der Waals surface area contributed by atoms with Gasteiger partial charge in [-0.15, -0.1) is 0 Å². The number of benzene rings is 2. The summed E-state index contributed by atoms with van der Waals surface area (Å²) >= 11 is 5.89. The van der Waals surface area contributed by atoms with Gasteiger partial charge in [-0.2, -0.15) is 0 Å². The van der Waals surface area contributed by atoms with Crippen molar-refractivity contribution in [2.24, 2.45) is 11.8 Å². The summed E-state index contributed by atoms with van der Waals surface area (Å²) < 4.78 is 28.2. The summed E-state index contributed by atoms with van der Waals surface area (Å²) in [5.41, 5.74) is 1.32. The Kier molecular flexibility index (Phi) is 6.95. The molecule has 6 rings (SSSR count). The minimum atomic E-state index is -3.51. The first-order valence-corrected chi connectivity index (χ1v) is 13.9. The van der Waals surface area contributed by atoms with E-state index in [0.29, 0.717) is 23.4 Å². The maximum atomic E-state index is 12.7. The molecular formula is C25H33ClN4O2S. The lowest BCUT2D eigenvalue weighted by Crippen LogP contribution is -2.59. The van der Waals surface area contributed by atoms with Crippen molar-refractivity contribution >= 4 is 27.3 Å². The Morgan fingerprint density at radius 1 is 0.939 bits per heavy atom. The highest BCUT2D eigenvalue weighted by Crippen LogP contribution is 2.37. The van der Waals surface area contributed by atoms with E-state index < -0.39 is 10.0 Å². The molecule has 33 heavy (non-hydrogen) atoms. The Balaban J connectivity index is 1.11. The second-order valence-electron chi connectivity index (χ2n) is 9.62. The molecule has 4 saturated heterocycles. The molecule has 2 aromatic rings. The fourth-order valence-electron chi connectivity index (χ4n) is 5.73. The van der Waals surface area contributed by atoms with Crippen LogP contribution in [0, 0.1) is 11.8 Å². The van der Waals surface area contributed by atoms with Gasteiger partial charge in [0.2, 0.25) is 10.0 Å². The number of nitrogens with zero attached hydrogens (tertiary/aromatic N) is 3. The molecule has 4 heterocycles. The van der Waals surface area contributed by atoms with Gasteiger partial charge in [0.25, 0.3) is 0 Å². The van der Waals surface area contributed by atoms with Crippen LogP contribution in [0.4, 0.5) is 5.69 Å². The molecule has 1 unspecified atom stereocenters. The normalized spacial score (nSPS) is 28.2. The molecule has 0 aromatic heterocycles. The van der Waals surface area contributed by atoms with Crippen molar-refractivity contribution < 1.29 is 8.42 Å². The number of nitrogens with one attached hydrogen (secondary N) is 1. The van der Waals surface area contributed by atoms with E-state index in [-0.39, 0.29) is 10.9 Å². The Morgan fingerprint density at radius 3 is 2.33 bits per heavy atom. The van der Waals surface area contributed by atoms with Gasteiger partial charge in [-0.25, -0.2) is 13.1 Å². The number of fused-ring (bicyclic) bond motifs is 3. The van der Waals surface area contributed by atoms with E-state index >= 15 is 0 Å². The van der Waals surface area contributed by atoms with Crippen LogP contribution in [-0.2, 0) is 10.0 Å². The number of anilines is 1. The van der Waals surface area contributed by atoms with Crippen molar-refractivity contribution in [1.82, 2.24) is 14.5 Å². The zero-order valence-corrected chi connectivity index (χ0v) is 20.5. The molecule has 4 aliphatic heterocycles. The van der Waals surface area contributed by atoms with E-state index in [1.54, 1.807) is 24.3 Å². The van der Waals surface area contributed by atoms with E-state index in [2.05, 4.69) is 49.8 Å². The standard InChI is InChI=1S/C25H33ClN4O2S/c26-22-6-8-25(9-7-22)33(31,32)27-17-24-16-20-10-11-30(24)19-21(20)18-28-12-14-29(15-13-28)23-4-2-1-3-5-23/h1-9,20-21,24,27H,10-19H2/t20-,21+,24+/m0/s1. The number of sulfonamides is 1. The zero-order chi connectivity index (χ0) is 22.8. The summed E-state index contributed by atoms with van der Waals surface area (Å²) in [6, 6.07) is 17.3. The third-order valence-corrected chi connectivity index (χ3v) is 9.32. The molecule has 2 aromatic carbocycles. The molecular weight excluding hydrogens is 456 g/mol. The molecule has 178 valence electrons. The van der Waals surface area contributed by atoms with Crippen LogP contribution in [0.2, 0.25) is 5.02 Å². The van der Waals surface area contributed by atoms with Gasteiger partial charge in [-0.3, -0.25) is 9.80 Å². The van der Waals surface area contributed by atoms with Crippen molar-refractivity contribution in [3.05, 3.63) is 59.6 Å². The molecule has 0 radical (unpaired) electrons. The Morgan fingerprint density at radius 2 is 1.67 bits per heavy atom. The minimum absolute atomic E-state index is 0.274. The highest BCUT2D eigenvalue weighted by atomic mass is 35.5. The Labute approximate surface area is 202 Å². The molecule has 6 nitrogen and oxygen atoms in total. The van der Waals surface area contributed by atoms with Crippen molar-refractivity contribution in [2.75, 3.05) is 57.3 Å². The minimum Gasteiger partial charge on any atom is -0.369 e. The molecule has 2 bridgehead atoms. The number of halogens is 1. The van der Waals surface area contributed by atoms with Crippen LogP contribution in [0.15, 0.2) is 59.5 Å². The third kappa shape index (κ3) is 5.38. The number of piperazine rings is 1. The molecule has 4 atom stereocenters. The largest absolute Gasteiger partial charge is 0.369 e. The topological polar surface area (TPSA) is 55.9 Å². The van der Waals surface area contributed by atoms with Crippen LogP contribution in [0.3, 0.4) is 0 Å². The van der Waals surface area contributed by atoms with Crippen molar-refractivity contribution in [2.45, 2.75) is 23.8 Å². The molecule has 8 heteroatoms. The first-order chi connectivity index (χ1) is 16.0. The molecule has 4 fully saturated rings. The van der Waals surface area contributed by atoms with E-state index in [0.717, 1.165) is 52.2 Å². The lowest BCUT2D eigenvalue weighted by molar-refractivity contribution is -0.0107. The van der Waals surface area contributed by atoms with Crippen LogP contribution in [0.25, 0.3) is 0 Å². The van der Waals surface area contributed by atoms with Crippen LogP contribution in [0.5, 0.6) is 0 Å². The van der Waals surface area contributed by atoms with Crippen LogP contribution in [0.1, 0.15) is 12.8 Å². The second kappa shape index (κ2) is 9.92. The number of piperidine rings is 3. The van der Waals surface area contributed by atoms with E-state index in [1.807, 2.05) is 0 Å². The zero-order valence-electron chi connectivity index (χ0n) is 18.9. The fourth-order valence-corrected chi connectivity index (χ4v) is 6.93. The molecule has 0 amide bonds. The Hall–Kier alpha value is -1.64. The first-order valence-electron chi connectivity index (χ1n) is 12.0. The first kappa shape index (κ1) is 23.1. The van der Waals surface area contributed by atoms with Gasteiger partial charge in [-0.05, 0) is 67.6 Å². The maximum Gasteiger partial charge on any atom is 0.240 e. The average molecular weight is 489 g/mol. The number of hydrogen-bond donors (Lipinski definition) is 1. The monoisotopic (exact) mass is 488 g/mol. The molecule has 1 N–H and O–H groups in total. The molecule has 0 saturated carbocycles. The fraction of sp³-hybridized carbons (Fsp3) is 0.520. The van der Waals surface area contributed by atoms with Gasteiger partial charge in [0.15, 0.2) is 0 Å². The predicted octanol–water partition coefficient (Wildman–Crippen LogP) is 3.15. The van der Waals surface area contributed by atoms with Crippen molar-refractivity contribution in [1.29, 1.82) is 0 Å². The Bertz CT molecular complexity index is 1030. The highest BCUT2D eigenvalue weighted by molar-refractivity contribution is 7.89. The maximum absolute atomic E-state index is 12.7. The van der Waals surface area contributed by atoms with Gasteiger partial charge in [0.05, 0.1) is 4.90 Å². The molecule has 4 aliphatic rings. The van der Waals surface area contributed by atoms with Crippen LogP contribution < -0.4 is 9.62 Å². The van der Waals surface area contributed by atoms with Gasteiger partial charge >= 0.3 is 0 Å². The smallest absolute Gasteiger partial charge is 0.240 e. The summed E-state index contributed by atoms with van der Waals surface area (Å²) in [4.78, 5) is 7.89. The molecule has 0 spiro atoms.